The van der Waals surface area contributed by atoms with Gasteiger partial charge in [-0.25, -0.2) is 8.78 Å². The van der Waals surface area contributed by atoms with Crippen LogP contribution in [0.15, 0.2) is 0 Å². The molecule has 2 heterocycles. The predicted octanol–water partition coefficient (Wildman–Crippen LogP) is 0.121. The van der Waals surface area contributed by atoms with Crippen molar-refractivity contribution in [2.24, 2.45) is 0 Å². The normalized spacial score (nSPS) is 26.6. The number of nitrogens with one attached hydrogen (secondary N) is 1. The highest BCUT2D eigenvalue weighted by molar-refractivity contribution is 5.77. The molecule has 0 aliphatic carbocycles. The lowest BCUT2D eigenvalue weighted by molar-refractivity contribution is -0.177. The quantitative estimate of drug-likeness (QED) is 0.718. The van der Waals surface area contributed by atoms with Gasteiger partial charge in [0.25, 0.3) is 0 Å². The second-order valence-electron chi connectivity index (χ2n) is 5.63. The predicted molar refractivity (Wildman–Crippen MR) is 70.7 cm³/mol. The summed E-state index contributed by atoms with van der Waals surface area (Å²) >= 11 is 0. The molecule has 6 nitrogen and oxygen atoms in total. The third kappa shape index (κ3) is 5.00. The number of nitrogens with zero attached hydrogens (tertiary/aromatic N) is 1. The van der Waals surface area contributed by atoms with Crippen molar-refractivity contribution in [2.75, 3.05) is 59.2 Å². The average Bonchev–Trinajstić information content (AvgIpc) is 2.72. The number of carbonyl (C=O) groups excluding carboxylic acids is 1. The summed E-state index contributed by atoms with van der Waals surface area (Å²) in [7, 11) is 0. The molecule has 2 saturated heterocycles. The molecule has 0 aromatic rings. The van der Waals surface area contributed by atoms with Crippen molar-refractivity contribution in [3.8, 4) is 0 Å². The summed E-state index contributed by atoms with van der Waals surface area (Å²) in [6, 6.07) is 0. The van der Waals surface area contributed by atoms with E-state index in [2.05, 4.69) is 10.1 Å². The standard InChI is InChI=1S/C13H20F4N2O4/c14-11(15)13(16,17)9-22-5-10(20)19-2-4-23-12(7-19)6-18-1-3-21-8-12/h11,18H,1-9H2/t12-/m1/s1. The number of rotatable bonds is 5. The minimum Gasteiger partial charge on any atom is -0.377 e. The summed E-state index contributed by atoms with van der Waals surface area (Å²) in [5.74, 6) is -4.80. The fraction of sp³-hybridized carbons (Fsp3) is 0.923. The first-order valence-electron chi connectivity index (χ1n) is 7.29. The lowest BCUT2D eigenvalue weighted by Gasteiger charge is -2.41. The summed E-state index contributed by atoms with van der Waals surface area (Å²) in [5, 5.41) is 3.14. The van der Waals surface area contributed by atoms with Gasteiger partial charge in [-0.2, -0.15) is 8.78 Å². The number of hydrogen-bond donors (Lipinski definition) is 1. The van der Waals surface area contributed by atoms with Gasteiger partial charge in [0, 0.05) is 19.6 Å². The van der Waals surface area contributed by atoms with E-state index in [9.17, 15) is 22.4 Å². The van der Waals surface area contributed by atoms with E-state index in [0.717, 1.165) is 0 Å². The van der Waals surface area contributed by atoms with Crippen molar-refractivity contribution in [1.82, 2.24) is 10.2 Å². The Morgan fingerprint density at radius 3 is 2.91 bits per heavy atom. The molecule has 2 fully saturated rings. The van der Waals surface area contributed by atoms with Crippen LogP contribution >= 0.6 is 0 Å². The zero-order valence-electron chi connectivity index (χ0n) is 12.5. The Bertz CT molecular complexity index is 403. The second-order valence-corrected chi connectivity index (χ2v) is 5.63. The van der Waals surface area contributed by atoms with E-state index in [4.69, 9.17) is 9.47 Å². The zero-order valence-corrected chi connectivity index (χ0v) is 12.5. The molecule has 2 aliphatic rings. The number of hydrogen-bond acceptors (Lipinski definition) is 5. The molecule has 1 amide bonds. The molecule has 1 N–H and O–H groups in total. The van der Waals surface area contributed by atoms with E-state index in [0.29, 0.717) is 26.3 Å². The van der Waals surface area contributed by atoms with E-state index < -0.39 is 37.1 Å². The molecule has 0 saturated carbocycles. The van der Waals surface area contributed by atoms with Gasteiger partial charge in [-0.15, -0.1) is 0 Å². The van der Waals surface area contributed by atoms with E-state index in [1.807, 2.05) is 0 Å². The van der Waals surface area contributed by atoms with Crippen LogP contribution in [0.25, 0.3) is 0 Å². The van der Waals surface area contributed by atoms with Crippen LogP contribution in [-0.2, 0) is 19.0 Å². The van der Waals surface area contributed by atoms with Gasteiger partial charge in [-0.1, -0.05) is 0 Å². The molecule has 2 aliphatic heterocycles. The van der Waals surface area contributed by atoms with Gasteiger partial charge in [0.05, 0.1) is 26.4 Å². The summed E-state index contributed by atoms with van der Waals surface area (Å²) in [6.45, 7) is 0.654. The maximum atomic E-state index is 12.7. The minimum absolute atomic E-state index is 0.230. The first-order valence-corrected chi connectivity index (χ1v) is 7.29. The van der Waals surface area contributed by atoms with Crippen LogP contribution in [0.4, 0.5) is 17.6 Å². The van der Waals surface area contributed by atoms with Gasteiger partial charge in [0.2, 0.25) is 5.91 Å². The van der Waals surface area contributed by atoms with Crippen LogP contribution < -0.4 is 5.32 Å². The summed E-state index contributed by atoms with van der Waals surface area (Å²) in [5.41, 5.74) is -0.683. The molecule has 0 aromatic carbocycles. The molecule has 0 unspecified atom stereocenters. The number of alkyl halides is 4. The average molecular weight is 344 g/mol. The van der Waals surface area contributed by atoms with Crippen LogP contribution in [0.5, 0.6) is 0 Å². The Kier molecular flexibility index (Phi) is 6.18. The van der Waals surface area contributed by atoms with Crippen molar-refractivity contribution in [3.05, 3.63) is 0 Å². The fourth-order valence-corrected chi connectivity index (χ4v) is 2.45. The Morgan fingerprint density at radius 1 is 1.39 bits per heavy atom. The summed E-state index contributed by atoms with van der Waals surface area (Å²) < 4.78 is 65.1. The molecule has 2 rings (SSSR count). The molecule has 0 aromatic heterocycles. The van der Waals surface area contributed by atoms with E-state index in [1.54, 1.807) is 0 Å². The number of ether oxygens (including phenoxy) is 3. The number of morpholine rings is 1. The maximum Gasteiger partial charge on any atom is 0.330 e. The van der Waals surface area contributed by atoms with Crippen molar-refractivity contribution in [3.63, 3.8) is 0 Å². The van der Waals surface area contributed by atoms with Crippen LogP contribution in [0.2, 0.25) is 0 Å². The monoisotopic (exact) mass is 344 g/mol. The van der Waals surface area contributed by atoms with Crippen molar-refractivity contribution >= 4 is 5.91 Å². The summed E-state index contributed by atoms with van der Waals surface area (Å²) in [4.78, 5) is 13.4. The highest BCUT2D eigenvalue weighted by Crippen LogP contribution is 2.23. The number of halogens is 4. The van der Waals surface area contributed by atoms with E-state index in [-0.39, 0.29) is 19.7 Å². The first-order chi connectivity index (χ1) is 10.8. The van der Waals surface area contributed by atoms with Gasteiger partial charge in [0.1, 0.15) is 18.8 Å². The van der Waals surface area contributed by atoms with E-state index in [1.165, 1.54) is 4.90 Å². The molecular formula is C13H20F4N2O4. The molecule has 23 heavy (non-hydrogen) atoms. The Morgan fingerprint density at radius 2 is 2.17 bits per heavy atom. The highest BCUT2D eigenvalue weighted by atomic mass is 19.3. The first kappa shape index (κ1) is 18.4. The smallest absolute Gasteiger partial charge is 0.330 e. The lowest BCUT2D eigenvalue weighted by Crippen LogP contribution is -2.59. The number of carbonyl (C=O) groups is 1. The third-order valence-electron chi connectivity index (χ3n) is 3.68. The fourth-order valence-electron chi connectivity index (χ4n) is 2.45. The van der Waals surface area contributed by atoms with Crippen LogP contribution in [0, 0.1) is 0 Å². The molecule has 134 valence electrons. The Labute approximate surface area is 131 Å². The van der Waals surface area contributed by atoms with Gasteiger partial charge >= 0.3 is 12.3 Å². The SMILES string of the molecule is O=C(COCC(F)(F)C(F)F)N1CCO[C@]2(CNCCOC2)C1. The topological polar surface area (TPSA) is 60.0 Å². The Balaban J connectivity index is 1.82. The minimum atomic E-state index is -4.26. The second kappa shape index (κ2) is 7.73. The molecule has 0 radical (unpaired) electrons. The van der Waals surface area contributed by atoms with Crippen molar-refractivity contribution in [2.45, 2.75) is 17.9 Å². The lowest BCUT2D eigenvalue weighted by atomic mass is 10.0. The van der Waals surface area contributed by atoms with Crippen LogP contribution in [-0.4, -0.2) is 88.0 Å². The largest absolute Gasteiger partial charge is 0.377 e. The number of amides is 1. The van der Waals surface area contributed by atoms with Gasteiger partial charge < -0.3 is 24.4 Å². The molecule has 1 atom stereocenters. The summed E-state index contributed by atoms with van der Waals surface area (Å²) in [6.07, 6.45) is -3.82. The van der Waals surface area contributed by atoms with Crippen molar-refractivity contribution in [1.29, 1.82) is 0 Å². The van der Waals surface area contributed by atoms with Crippen LogP contribution in [0.1, 0.15) is 0 Å². The van der Waals surface area contributed by atoms with E-state index >= 15 is 0 Å². The van der Waals surface area contributed by atoms with Gasteiger partial charge in [-0.05, 0) is 0 Å². The zero-order chi connectivity index (χ0) is 16.9. The Hall–Kier alpha value is -0.970. The molecule has 10 heteroatoms. The van der Waals surface area contributed by atoms with Gasteiger partial charge in [0.15, 0.2) is 0 Å². The van der Waals surface area contributed by atoms with Crippen LogP contribution in [0.3, 0.4) is 0 Å². The van der Waals surface area contributed by atoms with Gasteiger partial charge in [-0.3, -0.25) is 4.79 Å². The van der Waals surface area contributed by atoms with Crippen molar-refractivity contribution < 1.29 is 36.6 Å². The maximum absolute atomic E-state index is 12.7. The molecule has 1 spiro atoms. The molecular weight excluding hydrogens is 324 g/mol. The highest BCUT2D eigenvalue weighted by Gasteiger charge is 2.42. The third-order valence-corrected chi connectivity index (χ3v) is 3.68. The molecule has 0 bridgehead atoms.